The van der Waals surface area contributed by atoms with Gasteiger partial charge in [-0.2, -0.15) is 18.2 Å². The van der Waals surface area contributed by atoms with Crippen molar-refractivity contribution in [1.82, 2.24) is 25.1 Å². The molecule has 2 atom stereocenters. The van der Waals surface area contributed by atoms with E-state index in [0.717, 1.165) is 37.8 Å². The van der Waals surface area contributed by atoms with E-state index in [4.69, 9.17) is 11.6 Å². The van der Waals surface area contributed by atoms with Crippen LogP contribution in [0.1, 0.15) is 24.6 Å². The molecule has 3 rings (SSSR count). The third-order valence-corrected chi connectivity index (χ3v) is 6.60. The van der Waals surface area contributed by atoms with Crippen molar-refractivity contribution in [3.63, 3.8) is 0 Å². The van der Waals surface area contributed by atoms with Crippen molar-refractivity contribution in [2.24, 2.45) is 5.92 Å². The Morgan fingerprint density at radius 2 is 1.92 bits per heavy atom. The number of carbonyl (C=O) groups excluding carboxylic acids is 2. The molecule has 4 N–H and O–H groups in total. The molecule has 214 valence electrons. The number of likely N-dealkylation sites (tertiary alicyclic amines) is 1. The second kappa shape index (κ2) is 13.3. The molecule has 1 aromatic heterocycles. The highest BCUT2D eigenvalue weighted by Crippen LogP contribution is 2.35. The molecule has 0 spiro atoms. The summed E-state index contributed by atoms with van der Waals surface area (Å²) < 4.78 is 38.8. The number of hydrogen-bond acceptors (Lipinski definition) is 7. The molecule has 0 radical (unpaired) electrons. The molecular formula is C25H34ClF3N8O2. The van der Waals surface area contributed by atoms with Crippen LogP contribution >= 0.6 is 11.6 Å². The van der Waals surface area contributed by atoms with E-state index in [1.807, 2.05) is 19.0 Å². The molecule has 3 amide bonds. The van der Waals surface area contributed by atoms with Crippen LogP contribution in [0.2, 0.25) is 5.02 Å². The van der Waals surface area contributed by atoms with Crippen LogP contribution in [0.25, 0.3) is 0 Å². The predicted octanol–water partition coefficient (Wildman–Crippen LogP) is 3.90. The quantitative estimate of drug-likeness (QED) is 0.361. The average molecular weight is 571 g/mol. The Bertz CT molecular complexity index is 1160. The van der Waals surface area contributed by atoms with E-state index in [0.29, 0.717) is 31.0 Å². The number of likely N-dealkylation sites (N-methyl/N-ethyl adjacent to an activating group) is 2. The van der Waals surface area contributed by atoms with Gasteiger partial charge in [-0.25, -0.2) is 9.78 Å². The van der Waals surface area contributed by atoms with Gasteiger partial charge in [-0.1, -0.05) is 18.5 Å². The van der Waals surface area contributed by atoms with Crippen LogP contribution < -0.4 is 21.3 Å². The van der Waals surface area contributed by atoms with Gasteiger partial charge in [0.05, 0.1) is 22.5 Å². The first-order valence-electron chi connectivity index (χ1n) is 12.6. The minimum atomic E-state index is -4.60. The van der Waals surface area contributed by atoms with E-state index in [1.165, 1.54) is 0 Å². The van der Waals surface area contributed by atoms with E-state index in [2.05, 4.69) is 43.1 Å². The molecule has 0 bridgehead atoms. The molecule has 2 unspecified atom stereocenters. The predicted molar refractivity (Wildman–Crippen MR) is 145 cm³/mol. The fraction of sp³-hybridized carbons (Fsp3) is 0.520. The second-order valence-corrected chi connectivity index (χ2v) is 10.0. The molecule has 1 fully saturated rings. The number of benzene rings is 1. The number of aromatic nitrogens is 2. The lowest BCUT2D eigenvalue weighted by molar-refractivity contribution is -0.137. The number of nitrogens with zero attached hydrogens (tertiary/aromatic N) is 4. The average Bonchev–Trinajstić information content (AvgIpc) is 2.82. The minimum absolute atomic E-state index is 0.0110. The molecule has 0 saturated carbocycles. The number of alkyl halides is 3. The molecule has 10 nitrogen and oxygen atoms in total. The molecule has 1 aromatic carbocycles. The number of hydrogen-bond donors (Lipinski definition) is 4. The van der Waals surface area contributed by atoms with Gasteiger partial charge in [0.2, 0.25) is 11.9 Å². The smallest absolute Gasteiger partial charge is 0.365 e. The minimum Gasteiger partial charge on any atom is -0.365 e. The van der Waals surface area contributed by atoms with Crippen LogP contribution in [0, 0.1) is 12.8 Å². The number of carbonyl (C=O) groups is 2. The number of piperidine rings is 1. The Morgan fingerprint density at radius 3 is 2.56 bits per heavy atom. The molecular weight excluding hydrogens is 537 g/mol. The van der Waals surface area contributed by atoms with Crippen molar-refractivity contribution in [3.05, 3.63) is 40.5 Å². The van der Waals surface area contributed by atoms with Crippen molar-refractivity contribution < 1.29 is 22.8 Å². The summed E-state index contributed by atoms with van der Waals surface area (Å²) >= 11 is 5.73. The summed E-state index contributed by atoms with van der Waals surface area (Å²) in [6, 6.07) is 3.65. The fourth-order valence-electron chi connectivity index (χ4n) is 4.28. The first kappa shape index (κ1) is 30.4. The van der Waals surface area contributed by atoms with Gasteiger partial charge in [-0.05, 0) is 58.7 Å². The van der Waals surface area contributed by atoms with E-state index in [-0.39, 0.29) is 29.5 Å². The third-order valence-electron chi connectivity index (χ3n) is 6.28. The summed E-state index contributed by atoms with van der Waals surface area (Å²) in [5, 5.41) is 10.7. The second-order valence-electron chi connectivity index (χ2n) is 9.62. The Hall–Kier alpha value is -3.16. The highest BCUT2D eigenvalue weighted by molar-refractivity contribution is 6.31. The summed E-state index contributed by atoms with van der Waals surface area (Å²) in [7, 11) is 3.89. The van der Waals surface area contributed by atoms with Crippen LogP contribution in [-0.2, 0) is 11.0 Å². The number of nitrogens with one attached hydrogen (secondary N) is 4. The van der Waals surface area contributed by atoms with Crippen LogP contribution in [0.4, 0.5) is 35.4 Å². The maximum atomic E-state index is 13.0. The van der Waals surface area contributed by atoms with Crippen molar-refractivity contribution in [2.75, 3.05) is 62.8 Å². The van der Waals surface area contributed by atoms with Crippen LogP contribution in [0.15, 0.2) is 24.3 Å². The van der Waals surface area contributed by atoms with Gasteiger partial charge in [0.25, 0.3) is 0 Å². The zero-order valence-electron chi connectivity index (χ0n) is 22.3. The van der Waals surface area contributed by atoms with Gasteiger partial charge < -0.3 is 25.8 Å². The molecule has 14 heteroatoms. The lowest BCUT2D eigenvalue weighted by atomic mass is 9.90. The molecule has 1 saturated heterocycles. The maximum Gasteiger partial charge on any atom is 0.417 e. The molecule has 2 aromatic rings. The Labute approximate surface area is 230 Å². The SMILES string of the molecule is CCN1CCC(C(=O)NCCN(C)C)C(Nc2cc(C)nc(NC(=O)Nc3ccc(C(F)(F)F)c(Cl)c3)n2)C1. The number of rotatable bonds is 9. The van der Waals surface area contributed by atoms with Crippen LogP contribution in [0.3, 0.4) is 0 Å². The van der Waals surface area contributed by atoms with E-state index in [1.54, 1.807) is 13.0 Å². The van der Waals surface area contributed by atoms with E-state index in [9.17, 15) is 22.8 Å². The first-order valence-corrected chi connectivity index (χ1v) is 12.9. The van der Waals surface area contributed by atoms with Crippen molar-refractivity contribution >= 4 is 41.0 Å². The topological polar surface area (TPSA) is 115 Å². The van der Waals surface area contributed by atoms with Gasteiger partial charge in [-0.15, -0.1) is 0 Å². The Kier molecular flexibility index (Phi) is 10.3. The summed E-state index contributed by atoms with van der Waals surface area (Å²) in [5.41, 5.74) is -0.362. The van der Waals surface area contributed by atoms with Crippen LogP contribution in [-0.4, -0.2) is 84.6 Å². The summed E-state index contributed by atoms with van der Waals surface area (Å²) in [4.78, 5) is 38.3. The van der Waals surface area contributed by atoms with Gasteiger partial charge in [0.15, 0.2) is 0 Å². The number of amides is 3. The third kappa shape index (κ3) is 8.94. The van der Waals surface area contributed by atoms with Crippen molar-refractivity contribution in [2.45, 2.75) is 32.5 Å². The number of urea groups is 1. The number of halogens is 4. The van der Waals surface area contributed by atoms with Crippen LogP contribution in [0.5, 0.6) is 0 Å². The summed E-state index contributed by atoms with van der Waals surface area (Å²) in [6.45, 7) is 7.37. The largest absolute Gasteiger partial charge is 0.417 e. The lowest BCUT2D eigenvalue weighted by Gasteiger charge is -2.38. The van der Waals surface area contributed by atoms with Crippen molar-refractivity contribution in [1.29, 1.82) is 0 Å². The standard InChI is InChI=1S/C25H34ClF3N8O2/c1-5-37-10-8-17(22(38)30-9-11-36(3)4)20(14-37)33-21-12-15(2)31-23(34-21)35-24(39)32-16-6-7-18(19(26)13-16)25(27,28)29/h6-7,12-13,17,20H,5,8-11,14H2,1-4H3,(H,30,38)(H3,31,32,33,34,35,39). The highest BCUT2D eigenvalue weighted by atomic mass is 35.5. The zero-order chi connectivity index (χ0) is 28.7. The first-order chi connectivity index (χ1) is 18.3. The molecule has 0 aliphatic carbocycles. The summed E-state index contributed by atoms with van der Waals surface area (Å²) in [6.07, 6.45) is -3.92. The van der Waals surface area contributed by atoms with Gasteiger partial charge in [-0.3, -0.25) is 10.1 Å². The van der Waals surface area contributed by atoms with E-state index < -0.39 is 22.8 Å². The normalized spacial score (nSPS) is 18.1. The molecule has 1 aliphatic heterocycles. The van der Waals surface area contributed by atoms with Gasteiger partial charge in [0.1, 0.15) is 5.82 Å². The number of aryl methyl sites for hydroxylation is 1. The Balaban J connectivity index is 1.69. The zero-order valence-corrected chi connectivity index (χ0v) is 23.1. The monoisotopic (exact) mass is 570 g/mol. The molecule has 1 aliphatic rings. The Morgan fingerprint density at radius 1 is 1.18 bits per heavy atom. The molecule has 39 heavy (non-hydrogen) atoms. The maximum absolute atomic E-state index is 13.0. The lowest BCUT2D eigenvalue weighted by Crippen LogP contribution is -2.53. The van der Waals surface area contributed by atoms with Gasteiger partial charge >= 0.3 is 12.2 Å². The van der Waals surface area contributed by atoms with Crippen molar-refractivity contribution in [3.8, 4) is 0 Å². The highest BCUT2D eigenvalue weighted by Gasteiger charge is 2.34. The number of anilines is 3. The fourth-order valence-corrected chi connectivity index (χ4v) is 4.56. The van der Waals surface area contributed by atoms with Gasteiger partial charge in [0, 0.05) is 37.1 Å². The summed E-state index contributed by atoms with van der Waals surface area (Å²) in [5.74, 6) is 0.130. The van der Waals surface area contributed by atoms with E-state index >= 15 is 0 Å². The molecule has 2 heterocycles.